The molecule has 80 valence electrons. The summed E-state index contributed by atoms with van der Waals surface area (Å²) in [7, 11) is 1.67. The maximum atomic E-state index is 9.85. The first kappa shape index (κ1) is 12.9. The quantitative estimate of drug-likeness (QED) is 0.718. The monoisotopic (exact) mass is 188 g/mol. The Morgan fingerprint density at radius 1 is 1.31 bits per heavy atom. The molecule has 0 amide bonds. The lowest BCUT2D eigenvalue weighted by molar-refractivity contribution is -0.0737. The van der Waals surface area contributed by atoms with Crippen LogP contribution in [0.25, 0.3) is 0 Å². The van der Waals surface area contributed by atoms with Gasteiger partial charge in [0, 0.05) is 7.11 Å². The van der Waals surface area contributed by atoms with E-state index in [2.05, 4.69) is 27.7 Å². The van der Waals surface area contributed by atoms with Crippen LogP contribution < -0.4 is 0 Å². The third-order valence-corrected chi connectivity index (χ3v) is 2.31. The summed E-state index contributed by atoms with van der Waals surface area (Å²) in [5.41, 5.74) is 0.0158. The molecule has 0 aliphatic rings. The molecule has 0 aliphatic carbocycles. The highest BCUT2D eigenvalue weighted by molar-refractivity contribution is 4.80. The predicted molar refractivity (Wildman–Crippen MR) is 55.8 cm³/mol. The molecule has 0 aromatic heterocycles. The Hall–Kier alpha value is -0.0800. The highest BCUT2D eigenvalue weighted by Crippen LogP contribution is 2.26. The van der Waals surface area contributed by atoms with Crippen molar-refractivity contribution < 1.29 is 9.84 Å². The average Bonchev–Trinajstić information content (AvgIpc) is 1.99. The molecular formula is C11H24O2. The van der Waals surface area contributed by atoms with Crippen LogP contribution in [0.2, 0.25) is 0 Å². The van der Waals surface area contributed by atoms with Crippen molar-refractivity contribution in [1.82, 2.24) is 0 Å². The number of ether oxygens (including phenoxy) is 1. The summed E-state index contributed by atoms with van der Waals surface area (Å²) in [6.45, 7) is 8.41. The van der Waals surface area contributed by atoms with Crippen LogP contribution in [0.3, 0.4) is 0 Å². The van der Waals surface area contributed by atoms with Crippen molar-refractivity contribution in [3.8, 4) is 0 Å². The van der Waals surface area contributed by atoms with Crippen molar-refractivity contribution >= 4 is 0 Å². The standard InChI is InChI=1S/C11H24O2/c1-6-7-8-9(12)10(13-5)11(2,3)4/h9-10,12H,6-8H2,1-5H3. The zero-order valence-corrected chi connectivity index (χ0v) is 9.63. The van der Waals surface area contributed by atoms with Crippen LogP contribution in [0.15, 0.2) is 0 Å². The van der Waals surface area contributed by atoms with Crippen LogP contribution in [-0.4, -0.2) is 24.4 Å². The average molecular weight is 188 g/mol. The molecule has 0 radical (unpaired) electrons. The lowest BCUT2D eigenvalue weighted by atomic mass is 9.84. The lowest BCUT2D eigenvalue weighted by Crippen LogP contribution is -2.39. The SMILES string of the molecule is CCCCC(O)C(OC)C(C)(C)C. The fourth-order valence-corrected chi connectivity index (χ4v) is 1.65. The minimum absolute atomic E-state index is 0.0158. The summed E-state index contributed by atoms with van der Waals surface area (Å²) in [4.78, 5) is 0. The van der Waals surface area contributed by atoms with Gasteiger partial charge in [0.2, 0.25) is 0 Å². The predicted octanol–water partition coefficient (Wildman–Crippen LogP) is 2.60. The minimum Gasteiger partial charge on any atom is -0.390 e. The van der Waals surface area contributed by atoms with Crippen molar-refractivity contribution in [3.63, 3.8) is 0 Å². The highest BCUT2D eigenvalue weighted by Gasteiger charge is 2.30. The van der Waals surface area contributed by atoms with E-state index in [0.717, 1.165) is 19.3 Å². The van der Waals surface area contributed by atoms with Gasteiger partial charge in [-0.15, -0.1) is 0 Å². The van der Waals surface area contributed by atoms with Gasteiger partial charge in [-0.05, 0) is 11.8 Å². The van der Waals surface area contributed by atoms with Gasteiger partial charge in [0.25, 0.3) is 0 Å². The van der Waals surface area contributed by atoms with E-state index in [9.17, 15) is 5.11 Å². The highest BCUT2D eigenvalue weighted by atomic mass is 16.5. The first-order valence-electron chi connectivity index (χ1n) is 5.14. The summed E-state index contributed by atoms with van der Waals surface area (Å²) < 4.78 is 5.32. The number of methoxy groups -OCH3 is 1. The minimum atomic E-state index is -0.329. The van der Waals surface area contributed by atoms with Gasteiger partial charge in [-0.2, -0.15) is 0 Å². The fraction of sp³-hybridized carbons (Fsp3) is 1.00. The Labute approximate surface area is 82.3 Å². The zero-order valence-electron chi connectivity index (χ0n) is 9.63. The molecule has 0 rings (SSSR count). The Morgan fingerprint density at radius 3 is 2.15 bits per heavy atom. The van der Waals surface area contributed by atoms with Gasteiger partial charge < -0.3 is 9.84 Å². The summed E-state index contributed by atoms with van der Waals surface area (Å²) >= 11 is 0. The zero-order chi connectivity index (χ0) is 10.5. The number of rotatable bonds is 5. The molecule has 0 heterocycles. The maximum absolute atomic E-state index is 9.85. The summed E-state index contributed by atoms with van der Waals surface area (Å²) in [5, 5.41) is 9.85. The van der Waals surface area contributed by atoms with Crippen molar-refractivity contribution in [2.24, 2.45) is 5.41 Å². The van der Waals surface area contributed by atoms with E-state index in [0.29, 0.717) is 0 Å². The largest absolute Gasteiger partial charge is 0.390 e. The van der Waals surface area contributed by atoms with Gasteiger partial charge in [-0.3, -0.25) is 0 Å². The molecule has 13 heavy (non-hydrogen) atoms. The third kappa shape index (κ3) is 4.63. The van der Waals surface area contributed by atoms with E-state index >= 15 is 0 Å². The summed E-state index contributed by atoms with van der Waals surface area (Å²) in [6.07, 6.45) is 2.64. The normalized spacial score (nSPS) is 17.1. The smallest absolute Gasteiger partial charge is 0.0878 e. The van der Waals surface area contributed by atoms with Gasteiger partial charge in [-0.1, -0.05) is 40.5 Å². The van der Waals surface area contributed by atoms with Crippen LogP contribution in [0, 0.1) is 5.41 Å². The van der Waals surface area contributed by atoms with E-state index in [1.165, 1.54) is 0 Å². The van der Waals surface area contributed by atoms with E-state index in [1.54, 1.807) is 7.11 Å². The molecule has 0 fully saturated rings. The molecule has 0 spiro atoms. The van der Waals surface area contributed by atoms with E-state index in [-0.39, 0.29) is 17.6 Å². The molecule has 2 unspecified atom stereocenters. The lowest BCUT2D eigenvalue weighted by Gasteiger charge is -2.33. The Morgan fingerprint density at radius 2 is 1.85 bits per heavy atom. The second kappa shape index (κ2) is 5.61. The van der Waals surface area contributed by atoms with Gasteiger partial charge >= 0.3 is 0 Å². The number of hydrogen-bond donors (Lipinski definition) is 1. The molecule has 0 aromatic carbocycles. The van der Waals surface area contributed by atoms with Crippen molar-refractivity contribution in [1.29, 1.82) is 0 Å². The Bertz CT molecular complexity index is 127. The molecule has 2 heteroatoms. The second-order valence-corrected chi connectivity index (χ2v) is 4.73. The second-order valence-electron chi connectivity index (χ2n) is 4.73. The molecule has 0 saturated carbocycles. The Balaban J connectivity index is 4.07. The number of hydrogen-bond acceptors (Lipinski definition) is 2. The molecule has 0 bridgehead atoms. The van der Waals surface area contributed by atoms with Crippen LogP contribution in [0.5, 0.6) is 0 Å². The topological polar surface area (TPSA) is 29.5 Å². The van der Waals surface area contributed by atoms with E-state index < -0.39 is 0 Å². The van der Waals surface area contributed by atoms with Crippen molar-refractivity contribution in [2.75, 3.05) is 7.11 Å². The molecule has 2 atom stereocenters. The van der Waals surface area contributed by atoms with Crippen LogP contribution in [0.4, 0.5) is 0 Å². The van der Waals surface area contributed by atoms with Gasteiger partial charge in [0.05, 0.1) is 12.2 Å². The number of unbranched alkanes of at least 4 members (excludes halogenated alkanes) is 1. The number of aliphatic hydroxyl groups excluding tert-OH is 1. The number of aliphatic hydroxyl groups is 1. The van der Waals surface area contributed by atoms with Gasteiger partial charge in [0.1, 0.15) is 0 Å². The molecule has 0 aromatic rings. The molecular weight excluding hydrogens is 164 g/mol. The van der Waals surface area contributed by atoms with Crippen LogP contribution in [0.1, 0.15) is 47.0 Å². The molecule has 0 aliphatic heterocycles. The first-order valence-corrected chi connectivity index (χ1v) is 5.14. The molecule has 2 nitrogen and oxygen atoms in total. The van der Waals surface area contributed by atoms with Gasteiger partial charge in [-0.25, -0.2) is 0 Å². The summed E-state index contributed by atoms with van der Waals surface area (Å²) in [6, 6.07) is 0. The van der Waals surface area contributed by atoms with Crippen molar-refractivity contribution in [2.45, 2.75) is 59.2 Å². The van der Waals surface area contributed by atoms with Gasteiger partial charge in [0.15, 0.2) is 0 Å². The third-order valence-electron chi connectivity index (χ3n) is 2.31. The summed E-state index contributed by atoms with van der Waals surface area (Å²) in [5.74, 6) is 0. The van der Waals surface area contributed by atoms with Crippen molar-refractivity contribution in [3.05, 3.63) is 0 Å². The fourth-order valence-electron chi connectivity index (χ4n) is 1.65. The molecule has 1 N–H and O–H groups in total. The maximum Gasteiger partial charge on any atom is 0.0878 e. The molecule has 0 saturated heterocycles. The van der Waals surface area contributed by atoms with Crippen LogP contribution >= 0.6 is 0 Å². The van der Waals surface area contributed by atoms with E-state index in [4.69, 9.17) is 4.74 Å². The first-order chi connectivity index (χ1) is 5.93. The van der Waals surface area contributed by atoms with E-state index in [1.807, 2.05) is 0 Å². The van der Waals surface area contributed by atoms with Crippen LogP contribution in [-0.2, 0) is 4.74 Å². The Kier molecular flexibility index (Phi) is 5.57.